The normalized spacial score (nSPS) is 17.8. The van der Waals surface area contributed by atoms with Crippen molar-refractivity contribution >= 4 is 39.3 Å². The lowest BCUT2D eigenvalue weighted by molar-refractivity contribution is 0.0982. The molecule has 1 amide bonds. The summed E-state index contributed by atoms with van der Waals surface area (Å²) in [5.74, 6) is -0.783. The summed E-state index contributed by atoms with van der Waals surface area (Å²) < 4.78 is 14.8. The van der Waals surface area contributed by atoms with Crippen LogP contribution in [-0.4, -0.2) is 17.7 Å². The average molecular weight is 380 g/mol. The number of thioether (sulfide) groups is 1. The smallest absolute Gasteiger partial charge is 0.261 e. The Hall–Kier alpha value is -1.33. The molecule has 0 N–H and O–H groups in total. The standard InChI is InChI=1S/C17H15BrFNOS/c1-11-8-9-20(15-4-2-3-5-16(15)22-11)17(21)13-7-6-12(18)10-14(13)19/h2-7,10-11H,8-9H2,1H3. The fourth-order valence-corrected chi connectivity index (χ4v) is 3.95. The van der Waals surface area contributed by atoms with Crippen LogP contribution in [0.15, 0.2) is 51.8 Å². The Morgan fingerprint density at radius 3 is 2.86 bits per heavy atom. The van der Waals surface area contributed by atoms with Crippen LogP contribution in [0.1, 0.15) is 23.7 Å². The van der Waals surface area contributed by atoms with Gasteiger partial charge in [0.25, 0.3) is 5.91 Å². The average Bonchev–Trinajstić information content (AvgIpc) is 2.65. The first-order valence-electron chi connectivity index (χ1n) is 7.09. The number of carbonyl (C=O) groups excluding carboxylic acids is 1. The van der Waals surface area contributed by atoms with Gasteiger partial charge in [0.2, 0.25) is 0 Å². The Bertz CT molecular complexity index is 722. The summed E-state index contributed by atoms with van der Waals surface area (Å²) in [5, 5.41) is 0.425. The van der Waals surface area contributed by atoms with Crippen molar-refractivity contribution in [2.45, 2.75) is 23.5 Å². The predicted octanol–water partition coefficient (Wildman–Crippen LogP) is 5.12. The summed E-state index contributed by atoms with van der Waals surface area (Å²) in [6.45, 7) is 2.75. The summed E-state index contributed by atoms with van der Waals surface area (Å²) in [6, 6.07) is 12.4. The Morgan fingerprint density at radius 2 is 2.09 bits per heavy atom. The SMILES string of the molecule is CC1CCN(C(=O)c2ccc(Br)cc2F)c2ccccc2S1. The summed E-state index contributed by atoms with van der Waals surface area (Å²) in [4.78, 5) is 15.6. The van der Waals surface area contributed by atoms with E-state index in [0.29, 0.717) is 16.3 Å². The van der Waals surface area contributed by atoms with Crippen LogP contribution in [0.4, 0.5) is 10.1 Å². The van der Waals surface area contributed by atoms with Gasteiger partial charge in [0.1, 0.15) is 5.82 Å². The molecule has 0 aromatic heterocycles. The molecule has 0 saturated heterocycles. The van der Waals surface area contributed by atoms with Crippen molar-refractivity contribution < 1.29 is 9.18 Å². The molecule has 0 saturated carbocycles. The molecule has 0 fully saturated rings. The second-order valence-electron chi connectivity index (χ2n) is 5.27. The van der Waals surface area contributed by atoms with Crippen LogP contribution in [0, 0.1) is 5.82 Å². The zero-order valence-electron chi connectivity index (χ0n) is 12.1. The molecule has 1 atom stereocenters. The van der Waals surface area contributed by atoms with Gasteiger partial charge in [-0.3, -0.25) is 4.79 Å². The van der Waals surface area contributed by atoms with Gasteiger partial charge in [-0.05, 0) is 36.8 Å². The van der Waals surface area contributed by atoms with Crippen molar-refractivity contribution in [2.24, 2.45) is 0 Å². The lowest BCUT2D eigenvalue weighted by Gasteiger charge is -2.22. The fourth-order valence-electron chi connectivity index (χ4n) is 2.51. The number of fused-ring (bicyclic) bond motifs is 1. The molecular formula is C17H15BrFNOS. The van der Waals surface area contributed by atoms with Crippen molar-refractivity contribution in [3.8, 4) is 0 Å². The summed E-state index contributed by atoms with van der Waals surface area (Å²) in [5.41, 5.74) is 0.974. The topological polar surface area (TPSA) is 20.3 Å². The fraction of sp³-hybridized carbons (Fsp3) is 0.235. The summed E-state index contributed by atoms with van der Waals surface area (Å²) in [7, 11) is 0. The Labute approximate surface area is 141 Å². The molecule has 1 aliphatic heterocycles. The maximum Gasteiger partial charge on any atom is 0.261 e. The van der Waals surface area contributed by atoms with E-state index in [0.717, 1.165) is 17.0 Å². The van der Waals surface area contributed by atoms with E-state index in [1.807, 2.05) is 24.3 Å². The molecule has 0 radical (unpaired) electrons. The van der Waals surface area contributed by atoms with Gasteiger partial charge in [-0.2, -0.15) is 0 Å². The van der Waals surface area contributed by atoms with Crippen molar-refractivity contribution in [3.05, 3.63) is 58.3 Å². The van der Waals surface area contributed by atoms with E-state index >= 15 is 0 Å². The molecule has 2 aromatic rings. The summed E-state index contributed by atoms with van der Waals surface area (Å²) in [6.07, 6.45) is 0.878. The van der Waals surface area contributed by atoms with Gasteiger partial charge in [0.05, 0.1) is 11.3 Å². The number of carbonyl (C=O) groups is 1. The minimum Gasteiger partial charge on any atom is -0.307 e. The van der Waals surface area contributed by atoms with Crippen LogP contribution in [0.2, 0.25) is 0 Å². The zero-order chi connectivity index (χ0) is 15.7. The van der Waals surface area contributed by atoms with Gasteiger partial charge in [-0.1, -0.05) is 35.0 Å². The largest absolute Gasteiger partial charge is 0.307 e. The van der Waals surface area contributed by atoms with Crippen molar-refractivity contribution in [2.75, 3.05) is 11.4 Å². The monoisotopic (exact) mass is 379 g/mol. The third-order valence-corrected chi connectivity index (χ3v) is 5.38. The maximum absolute atomic E-state index is 14.1. The van der Waals surface area contributed by atoms with E-state index < -0.39 is 5.82 Å². The number of rotatable bonds is 1. The second kappa shape index (κ2) is 6.42. The molecule has 1 aliphatic rings. The highest BCUT2D eigenvalue weighted by Crippen LogP contribution is 2.38. The molecule has 0 spiro atoms. The van der Waals surface area contributed by atoms with Crippen LogP contribution in [0.5, 0.6) is 0 Å². The number of benzene rings is 2. The number of para-hydroxylation sites is 1. The number of hydrogen-bond acceptors (Lipinski definition) is 2. The molecule has 114 valence electrons. The first kappa shape index (κ1) is 15.6. The first-order chi connectivity index (χ1) is 10.6. The highest BCUT2D eigenvalue weighted by molar-refractivity contribution is 9.10. The molecule has 2 nitrogen and oxygen atoms in total. The van der Waals surface area contributed by atoms with Crippen molar-refractivity contribution in [3.63, 3.8) is 0 Å². The van der Waals surface area contributed by atoms with Gasteiger partial charge in [-0.25, -0.2) is 4.39 Å². The number of nitrogens with zero attached hydrogens (tertiary/aromatic N) is 1. The molecule has 0 aliphatic carbocycles. The third kappa shape index (κ3) is 3.06. The van der Waals surface area contributed by atoms with Gasteiger partial charge in [0.15, 0.2) is 0 Å². The van der Waals surface area contributed by atoms with Gasteiger partial charge >= 0.3 is 0 Å². The quantitative estimate of drug-likeness (QED) is 0.685. The third-order valence-electron chi connectivity index (χ3n) is 3.65. The number of anilines is 1. The highest BCUT2D eigenvalue weighted by Gasteiger charge is 2.26. The lowest BCUT2D eigenvalue weighted by atomic mass is 10.1. The zero-order valence-corrected chi connectivity index (χ0v) is 14.5. The number of amides is 1. The minimum atomic E-state index is -0.498. The maximum atomic E-state index is 14.1. The van der Waals surface area contributed by atoms with Crippen LogP contribution >= 0.6 is 27.7 Å². The molecule has 1 heterocycles. The summed E-state index contributed by atoms with van der Waals surface area (Å²) >= 11 is 4.98. The molecule has 1 unspecified atom stereocenters. The van der Waals surface area contributed by atoms with Crippen LogP contribution < -0.4 is 4.90 Å². The Balaban J connectivity index is 2.02. The number of halogens is 2. The predicted molar refractivity (Wildman–Crippen MR) is 92.2 cm³/mol. The lowest BCUT2D eigenvalue weighted by Crippen LogP contribution is -2.32. The van der Waals surface area contributed by atoms with E-state index in [1.54, 1.807) is 22.7 Å². The van der Waals surface area contributed by atoms with Gasteiger partial charge < -0.3 is 4.90 Å². The Morgan fingerprint density at radius 1 is 1.32 bits per heavy atom. The van der Waals surface area contributed by atoms with Crippen LogP contribution in [-0.2, 0) is 0 Å². The van der Waals surface area contributed by atoms with Crippen molar-refractivity contribution in [1.82, 2.24) is 0 Å². The molecule has 3 rings (SSSR count). The van der Waals surface area contributed by atoms with E-state index in [9.17, 15) is 9.18 Å². The van der Waals surface area contributed by atoms with Crippen molar-refractivity contribution in [1.29, 1.82) is 0 Å². The van der Waals surface area contributed by atoms with Gasteiger partial charge in [0, 0.05) is 21.2 Å². The number of hydrogen-bond donors (Lipinski definition) is 0. The van der Waals surface area contributed by atoms with E-state index in [1.165, 1.54) is 12.1 Å². The molecule has 22 heavy (non-hydrogen) atoms. The molecule has 2 aromatic carbocycles. The van der Waals surface area contributed by atoms with E-state index in [4.69, 9.17) is 0 Å². The minimum absolute atomic E-state index is 0.109. The first-order valence-corrected chi connectivity index (χ1v) is 8.76. The van der Waals surface area contributed by atoms with Crippen LogP contribution in [0.3, 0.4) is 0 Å². The molecular weight excluding hydrogens is 365 g/mol. The van der Waals surface area contributed by atoms with Gasteiger partial charge in [-0.15, -0.1) is 11.8 Å². The second-order valence-corrected chi connectivity index (χ2v) is 7.66. The van der Waals surface area contributed by atoms with E-state index in [-0.39, 0.29) is 11.5 Å². The molecule has 5 heteroatoms. The Kier molecular flexibility index (Phi) is 4.54. The van der Waals surface area contributed by atoms with Crippen LogP contribution in [0.25, 0.3) is 0 Å². The molecule has 0 bridgehead atoms. The highest BCUT2D eigenvalue weighted by atomic mass is 79.9. The van der Waals surface area contributed by atoms with E-state index in [2.05, 4.69) is 22.9 Å².